The summed E-state index contributed by atoms with van der Waals surface area (Å²) in [5.74, 6) is -0.326. The SMILES string of the molecule is CC(C)(C)OC(=O)[C@@H]1CCCN1O. The predicted molar refractivity (Wildman–Crippen MR) is 47.4 cm³/mol. The zero-order chi connectivity index (χ0) is 10.1. The van der Waals surface area contributed by atoms with Crippen LogP contribution >= 0.6 is 0 Å². The Balaban J connectivity index is 2.48. The molecular weight excluding hydrogens is 170 g/mol. The molecular formula is C9H17NO3. The quantitative estimate of drug-likeness (QED) is 0.626. The van der Waals surface area contributed by atoms with Crippen molar-refractivity contribution in [3.05, 3.63) is 0 Å². The van der Waals surface area contributed by atoms with Crippen LogP contribution in [0, 0.1) is 0 Å². The Bertz CT molecular complexity index is 198. The van der Waals surface area contributed by atoms with E-state index >= 15 is 0 Å². The average Bonchev–Trinajstić information content (AvgIpc) is 2.30. The Labute approximate surface area is 78.4 Å². The zero-order valence-electron chi connectivity index (χ0n) is 8.41. The topological polar surface area (TPSA) is 49.8 Å². The van der Waals surface area contributed by atoms with Crippen LogP contribution in [-0.2, 0) is 9.53 Å². The molecule has 1 aliphatic rings. The summed E-state index contributed by atoms with van der Waals surface area (Å²) in [6, 6.07) is -0.459. The maximum absolute atomic E-state index is 11.4. The first-order valence-electron chi connectivity index (χ1n) is 4.58. The number of hydrogen-bond acceptors (Lipinski definition) is 4. The van der Waals surface area contributed by atoms with Gasteiger partial charge >= 0.3 is 5.97 Å². The van der Waals surface area contributed by atoms with E-state index in [1.165, 1.54) is 0 Å². The van der Waals surface area contributed by atoms with Crippen LogP contribution in [0.4, 0.5) is 0 Å². The first kappa shape index (κ1) is 10.5. The van der Waals surface area contributed by atoms with Crippen molar-refractivity contribution in [2.45, 2.75) is 45.3 Å². The molecule has 1 saturated heterocycles. The maximum atomic E-state index is 11.4. The number of rotatable bonds is 1. The highest BCUT2D eigenvalue weighted by molar-refractivity contribution is 5.76. The summed E-state index contributed by atoms with van der Waals surface area (Å²) in [5.41, 5.74) is -0.472. The van der Waals surface area contributed by atoms with E-state index in [0.717, 1.165) is 11.5 Å². The minimum absolute atomic E-state index is 0.326. The Morgan fingerprint density at radius 3 is 2.54 bits per heavy atom. The second-order valence-electron chi connectivity index (χ2n) is 4.35. The van der Waals surface area contributed by atoms with E-state index in [4.69, 9.17) is 4.74 Å². The second kappa shape index (κ2) is 3.64. The Morgan fingerprint density at radius 1 is 1.54 bits per heavy atom. The van der Waals surface area contributed by atoms with Gasteiger partial charge in [0.15, 0.2) is 0 Å². The van der Waals surface area contributed by atoms with E-state index in [9.17, 15) is 10.0 Å². The number of carbonyl (C=O) groups excluding carboxylic acids is 1. The van der Waals surface area contributed by atoms with Crippen molar-refractivity contribution in [3.63, 3.8) is 0 Å². The lowest BCUT2D eigenvalue weighted by Crippen LogP contribution is -2.38. The normalized spacial score (nSPS) is 24.8. The molecule has 1 rings (SSSR count). The van der Waals surface area contributed by atoms with Gasteiger partial charge in [0.05, 0.1) is 0 Å². The van der Waals surface area contributed by atoms with Gasteiger partial charge in [-0.15, -0.1) is 0 Å². The van der Waals surface area contributed by atoms with Gasteiger partial charge in [-0.2, -0.15) is 5.06 Å². The van der Waals surface area contributed by atoms with Crippen molar-refractivity contribution in [2.75, 3.05) is 6.54 Å². The van der Waals surface area contributed by atoms with E-state index in [0.29, 0.717) is 13.0 Å². The molecule has 0 bridgehead atoms. The number of carbonyl (C=O) groups is 1. The third kappa shape index (κ3) is 2.97. The molecule has 0 aromatic heterocycles. The Morgan fingerprint density at radius 2 is 2.15 bits per heavy atom. The molecule has 4 nitrogen and oxygen atoms in total. The van der Waals surface area contributed by atoms with E-state index in [-0.39, 0.29) is 5.97 Å². The number of ether oxygens (including phenoxy) is 1. The lowest BCUT2D eigenvalue weighted by molar-refractivity contribution is -0.177. The van der Waals surface area contributed by atoms with Gasteiger partial charge < -0.3 is 9.94 Å². The second-order valence-corrected chi connectivity index (χ2v) is 4.35. The number of hydroxylamine groups is 2. The van der Waals surface area contributed by atoms with Crippen LogP contribution in [0.2, 0.25) is 0 Å². The number of esters is 1. The third-order valence-corrected chi connectivity index (χ3v) is 1.90. The summed E-state index contributed by atoms with van der Waals surface area (Å²) in [6.07, 6.45) is 1.53. The minimum atomic E-state index is -0.472. The molecule has 76 valence electrons. The van der Waals surface area contributed by atoms with E-state index < -0.39 is 11.6 Å². The third-order valence-electron chi connectivity index (χ3n) is 1.90. The van der Waals surface area contributed by atoms with Crippen molar-refractivity contribution in [2.24, 2.45) is 0 Å². The van der Waals surface area contributed by atoms with Crippen LogP contribution in [0.5, 0.6) is 0 Å². The lowest BCUT2D eigenvalue weighted by atomic mass is 10.2. The summed E-state index contributed by atoms with van der Waals surface area (Å²) < 4.78 is 5.15. The molecule has 1 aliphatic heterocycles. The van der Waals surface area contributed by atoms with E-state index in [1.54, 1.807) is 0 Å². The molecule has 0 amide bonds. The largest absolute Gasteiger partial charge is 0.459 e. The molecule has 0 aromatic carbocycles. The van der Waals surface area contributed by atoms with Crippen LogP contribution in [-0.4, -0.2) is 34.4 Å². The van der Waals surface area contributed by atoms with Gasteiger partial charge in [0.25, 0.3) is 0 Å². The Hall–Kier alpha value is -0.610. The molecule has 0 unspecified atom stereocenters. The molecule has 1 atom stereocenters. The summed E-state index contributed by atoms with van der Waals surface area (Å²) in [7, 11) is 0. The molecule has 0 spiro atoms. The van der Waals surface area contributed by atoms with Gasteiger partial charge in [0.2, 0.25) is 0 Å². The monoisotopic (exact) mass is 187 g/mol. The number of hydrogen-bond donors (Lipinski definition) is 1. The van der Waals surface area contributed by atoms with Crippen LogP contribution in [0.25, 0.3) is 0 Å². The first-order chi connectivity index (χ1) is 5.90. The highest BCUT2D eigenvalue weighted by atomic mass is 16.6. The standard InChI is InChI=1S/C9H17NO3/c1-9(2,3)13-8(11)7-5-4-6-10(7)12/h7,12H,4-6H2,1-3H3/t7-/m0/s1. The van der Waals surface area contributed by atoms with Crippen molar-refractivity contribution in [3.8, 4) is 0 Å². The molecule has 0 saturated carbocycles. The molecule has 1 N–H and O–H groups in total. The average molecular weight is 187 g/mol. The van der Waals surface area contributed by atoms with E-state index in [1.807, 2.05) is 20.8 Å². The van der Waals surface area contributed by atoms with Crippen molar-refractivity contribution in [1.82, 2.24) is 5.06 Å². The molecule has 1 fully saturated rings. The van der Waals surface area contributed by atoms with Gasteiger partial charge in [-0.1, -0.05) is 0 Å². The summed E-state index contributed by atoms with van der Waals surface area (Å²) >= 11 is 0. The van der Waals surface area contributed by atoms with Crippen molar-refractivity contribution in [1.29, 1.82) is 0 Å². The molecule has 0 radical (unpaired) electrons. The van der Waals surface area contributed by atoms with Gasteiger partial charge in [-0.3, -0.25) is 4.79 Å². The highest BCUT2D eigenvalue weighted by Gasteiger charge is 2.33. The van der Waals surface area contributed by atoms with Crippen molar-refractivity contribution >= 4 is 5.97 Å². The molecule has 13 heavy (non-hydrogen) atoms. The summed E-state index contributed by atoms with van der Waals surface area (Å²) in [6.45, 7) is 6.02. The predicted octanol–water partition coefficient (Wildman–Crippen LogP) is 1.18. The van der Waals surface area contributed by atoms with Gasteiger partial charge in [-0.05, 0) is 33.6 Å². The lowest BCUT2D eigenvalue weighted by Gasteiger charge is -2.24. The van der Waals surface area contributed by atoms with E-state index in [2.05, 4.69) is 0 Å². The highest BCUT2D eigenvalue weighted by Crippen LogP contribution is 2.18. The van der Waals surface area contributed by atoms with Crippen LogP contribution < -0.4 is 0 Å². The minimum Gasteiger partial charge on any atom is -0.459 e. The fourth-order valence-corrected chi connectivity index (χ4v) is 1.36. The molecule has 4 heteroatoms. The Kier molecular flexibility index (Phi) is 2.93. The van der Waals surface area contributed by atoms with Gasteiger partial charge in [0.1, 0.15) is 11.6 Å². The fraction of sp³-hybridized carbons (Fsp3) is 0.889. The van der Waals surface area contributed by atoms with Crippen LogP contribution in [0.1, 0.15) is 33.6 Å². The summed E-state index contributed by atoms with van der Waals surface area (Å²) in [5, 5.41) is 10.4. The fourth-order valence-electron chi connectivity index (χ4n) is 1.36. The maximum Gasteiger partial charge on any atom is 0.326 e. The molecule has 0 aliphatic carbocycles. The number of nitrogens with zero attached hydrogens (tertiary/aromatic N) is 1. The zero-order valence-corrected chi connectivity index (χ0v) is 8.41. The smallest absolute Gasteiger partial charge is 0.326 e. The summed E-state index contributed by atoms with van der Waals surface area (Å²) in [4.78, 5) is 11.4. The van der Waals surface area contributed by atoms with Gasteiger partial charge in [0, 0.05) is 6.54 Å². The van der Waals surface area contributed by atoms with Crippen molar-refractivity contribution < 1.29 is 14.7 Å². The molecule has 0 aromatic rings. The molecule has 1 heterocycles. The first-order valence-corrected chi connectivity index (χ1v) is 4.58. The van der Waals surface area contributed by atoms with Crippen LogP contribution in [0.15, 0.2) is 0 Å². The van der Waals surface area contributed by atoms with Gasteiger partial charge in [-0.25, -0.2) is 0 Å². The van der Waals surface area contributed by atoms with Crippen LogP contribution in [0.3, 0.4) is 0 Å².